The van der Waals surface area contributed by atoms with E-state index in [1.54, 1.807) is 23.1 Å². The average molecular weight is 623 g/mol. The van der Waals surface area contributed by atoms with Crippen molar-refractivity contribution in [3.8, 4) is 11.4 Å². The van der Waals surface area contributed by atoms with E-state index < -0.39 is 29.4 Å². The van der Waals surface area contributed by atoms with Crippen LogP contribution in [0.15, 0.2) is 36.4 Å². The number of rotatable bonds is 8. The van der Waals surface area contributed by atoms with E-state index in [0.29, 0.717) is 60.1 Å². The normalized spacial score (nSPS) is 19.1. The topological polar surface area (TPSA) is 107 Å². The number of hydrogen-bond acceptors (Lipinski definition) is 6. The summed E-state index contributed by atoms with van der Waals surface area (Å²) < 4.78 is 42.9. The van der Waals surface area contributed by atoms with E-state index in [4.69, 9.17) is 37.8 Å². The lowest BCUT2D eigenvalue weighted by molar-refractivity contribution is -0.139. The number of carbonyl (C=O) groups is 2. The summed E-state index contributed by atoms with van der Waals surface area (Å²) in [7, 11) is 0. The van der Waals surface area contributed by atoms with E-state index in [2.05, 4.69) is 10.2 Å². The van der Waals surface area contributed by atoms with Crippen LogP contribution >= 0.6 is 23.2 Å². The Morgan fingerprint density at radius 2 is 1.88 bits per heavy atom. The Morgan fingerprint density at radius 1 is 1.14 bits per heavy atom. The molecule has 224 valence electrons. The zero-order chi connectivity index (χ0) is 30.2. The van der Waals surface area contributed by atoms with Gasteiger partial charge >= 0.3 is 11.4 Å². The maximum atomic E-state index is 14.7. The number of carbonyl (C=O) groups excluding carboxylic acids is 1. The highest BCUT2D eigenvalue weighted by Crippen LogP contribution is 2.46. The summed E-state index contributed by atoms with van der Waals surface area (Å²) in [6.45, 7) is 4.95. The number of aromatic nitrogens is 3. The highest BCUT2D eigenvalue weighted by Gasteiger charge is 2.42. The fourth-order valence-corrected chi connectivity index (χ4v) is 5.99. The van der Waals surface area contributed by atoms with E-state index in [1.165, 1.54) is 0 Å². The molecule has 1 aromatic heterocycles. The molecule has 2 aliphatic rings. The van der Waals surface area contributed by atoms with Crippen molar-refractivity contribution >= 4 is 35.1 Å². The van der Waals surface area contributed by atoms with Crippen LogP contribution < -0.4 is 4.74 Å². The second kappa shape index (κ2) is 12.1. The van der Waals surface area contributed by atoms with Gasteiger partial charge in [-0.15, -0.1) is 10.2 Å². The number of alkyl halides is 3. The molecule has 0 spiro atoms. The molecule has 2 aromatic carbocycles. The summed E-state index contributed by atoms with van der Waals surface area (Å²) in [6.07, 6.45) is -0.971. The van der Waals surface area contributed by atoms with Gasteiger partial charge in [0, 0.05) is 30.1 Å². The maximum absolute atomic E-state index is 14.7. The molecule has 13 heteroatoms. The standard InChI is InChI=1S/C29H30Cl2F2N4O5/c1-3-41-22-6-4-5-19(16(22)2)26-20-14-18(30)7-8-21(20)37-27(34-35-28(37)29(31,32)33)23(42-26)15-24(38)36-11-9-17(10-12-36)13-25(39)40/h4-8,14,17,23,26H,3,9-13,15H2,1-2H3,(H,39,40)/t23-,26-/m1/s1. The minimum Gasteiger partial charge on any atom is -0.494 e. The van der Waals surface area contributed by atoms with Gasteiger partial charge in [0.05, 0.1) is 18.7 Å². The number of piperidine rings is 1. The molecule has 42 heavy (non-hydrogen) atoms. The van der Waals surface area contributed by atoms with Crippen molar-refractivity contribution in [3.63, 3.8) is 0 Å². The highest BCUT2D eigenvalue weighted by molar-refractivity contribution is 6.30. The van der Waals surface area contributed by atoms with Gasteiger partial charge in [-0.25, -0.2) is 0 Å². The lowest BCUT2D eigenvalue weighted by Crippen LogP contribution is -2.39. The van der Waals surface area contributed by atoms with Crippen LogP contribution in [0.1, 0.15) is 73.2 Å². The first-order valence-electron chi connectivity index (χ1n) is 13.7. The van der Waals surface area contributed by atoms with Crippen molar-refractivity contribution in [3.05, 3.63) is 69.8 Å². The summed E-state index contributed by atoms with van der Waals surface area (Å²) in [5.41, 5.74) is 2.24. The van der Waals surface area contributed by atoms with Crippen LogP contribution in [0, 0.1) is 12.8 Å². The number of nitrogens with zero attached hydrogens (tertiary/aromatic N) is 4. The molecule has 1 saturated heterocycles. The van der Waals surface area contributed by atoms with Gasteiger partial charge < -0.3 is 19.5 Å². The molecule has 5 rings (SSSR count). The average Bonchev–Trinajstić information content (AvgIpc) is 3.34. The molecule has 1 N–H and O–H groups in total. The molecule has 1 amide bonds. The Hall–Kier alpha value is -3.28. The van der Waals surface area contributed by atoms with Crippen LogP contribution in [0.5, 0.6) is 5.75 Å². The first-order valence-corrected chi connectivity index (χ1v) is 14.4. The van der Waals surface area contributed by atoms with Gasteiger partial charge in [-0.05, 0) is 79.6 Å². The zero-order valence-electron chi connectivity index (χ0n) is 23.0. The summed E-state index contributed by atoms with van der Waals surface area (Å²) >= 11 is 11.9. The lowest BCUT2D eigenvalue weighted by atomic mass is 9.93. The van der Waals surface area contributed by atoms with Crippen molar-refractivity contribution in [2.45, 2.75) is 57.1 Å². The van der Waals surface area contributed by atoms with Crippen LogP contribution in [0.25, 0.3) is 5.69 Å². The third-order valence-corrected chi connectivity index (χ3v) is 8.15. The van der Waals surface area contributed by atoms with Gasteiger partial charge in [-0.3, -0.25) is 14.2 Å². The smallest absolute Gasteiger partial charge is 0.382 e. The molecule has 0 unspecified atom stereocenters. The van der Waals surface area contributed by atoms with Gasteiger partial charge in [-0.2, -0.15) is 8.78 Å². The van der Waals surface area contributed by atoms with Gasteiger partial charge in [0.1, 0.15) is 18.0 Å². The van der Waals surface area contributed by atoms with Crippen molar-refractivity contribution in [2.75, 3.05) is 19.7 Å². The first-order chi connectivity index (χ1) is 20.0. The molecule has 0 radical (unpaired) electrons. The fourth-order valence-electron chi connectivity index (χ4n) is 5.69. The van der Waals surface area contributed by atoms with Crippen LogP contribution in [0.4, 0.5) is 8.78 Å². The second-order valence-electron chi connectivity index (χ2n) is 10.5. The summed E-state index contributed by atoms with van der Waals surface area (Å²) in [5.74, 6) is -1.32. The number of amides is 1. The molecule has 0 bridgehead atoms. The molecule has 2 atom stereocenters. The number of fused-ring (bicyclic) bond motifs is 3. The van der Waals surface area contributed by atoms with Gasteiger partial charge in [-0.1, -0.05) is 23.7 Å². The Morgan fingerprint density at radius 3 is 2.55 bits per heavy atom. The third-order valence-electron chi connectivity index (χ3n) is 7.74. The second-order valence-corrected chi connectivity index (χ2v) is 11.4. The first kappa shape index (κ1) is 30.2. The number of ether oxygens (including phenoxy) is 2. The molecule has 9 nitrogen and oxygen atoms in total. The molecule has 3 aromatic rings. The fraction of sp³-hybridized carbons (Fsp3) is 0.448. The molecule has 1 fully saturated rings. The number of benzene rings is 2. The Balaban J connectivity index is 1.57. The molecule has 2 aliphatic heterocycles. The number of carboxylic acid groups (broad SMARTS) is 1. The van der Waals surface area contributed by atoms with Crippen LogP contribution in [0.2, 0.25) is 5.02 Å². The number of halogens is 4. The largest absolute Gasteiger partial charge is 0.494 e. The molecule has 0 saturated carbocycles. The maximum Gasteiger partial charge on any atom is 0.382 e. The molecular weight excluding hydrogens is 593 g/mol. The van der Waals surface area contributed by atoms with Crippen LogP contribution in [-0.4, -0.2) is 56.3 Å². The Bertz CT molecular complexity index is 1490. The summed E-state index contributed by atoms with van der Waals surface area (Å²) in [5, 5.41) is 13.4. The Labute approximate surface area is 251 Å². The van der Waals surface area contributed by atoms with Crippen LogP contribution in [-0.2, 0) is 19.7 Å². The predicted molar refractivity (Wildman–Crippen MR) is 150 cm³/mol. The number of carboxylic acids is 1. The quantitative estimate of drug-likeness (QED) is 0.299. The van der Waals surface area contributed by atoms with Crippen molar-refractivity contribution in [1.82, 2.24) is 19.7 Å². The van der Waals surface area contributed by atoms with Crippen molar-refractivity contribution in [2.24, 2.45) is 5.92 Å². The summed E-state index contributed by atoms with van der Waals surface area (Å²) in [6, 6.07) is 10.3. The van der Waals surface area contributed by atoms with Crippen molar-refractivity contribution < 1.29 is 33.0 Å². The monoisotopic (exact) mass is 622 g/mol. The molecular formula is C29H30Cl2F2N4O5. The van der Waals surface area contributed by atoms with E-state index in [0.717, 1.165) is 10.1 Å². The third kappa shape index (κ3) is 6.09. The predicted octanol–water partition coefficient (Wildman–Crippen LogP) is 6.18. The molecule has 3 heterocycles. The molecule has 0 aliphatic carbocycles. The van der Waals surface area contributed by atoms with Gasteiger partial charge in [0.15, 0.2) is 5.82 Å². The minimum absolute atomic E-state index is 0.00382. The van der Waals surface area contributed by atoms with Gasteiger partial charge in [0.2, 0.25) is 11.7 Å². The van der Waals surface area contributed by atoms with E-state index in [9.17, 15) is 18.4 Å². The zero-order valence-corrected chi connectivity index (χ0v) is 24.5. The van der Waals surface area contributed by atoms with E-state index in [1.807, 2.05) is 32.0 Å². The van der Waals surface area contributed by atoms with Crippen molar-refractivity contribution in [1.29, 1.82) is 0 Å². The number of aliphatic carboxylic acids is 1. The van der Waals surface area contributed by atoms with Gasteiger partial charge in [0.25, 0.3) is 0 Å². The lowest BCUT2D eigenvalue weighted by Gasteiger charge is -2.32. The summed E-state index contributed by atoms with van der Waals surface area (Å²) in [4.78, 5) is 26.3. The van der Waals surface area contributed by atoms with Crippen LogP contribution in [0.3, 0.4) is 0 Å². The SMILES string of the molecule is CCOc1cccc([C@H]2O[C@H](CC(=O)N3CCC(CC(=O)O)CC3)c3nnc(C(F)(F)Cl)n3-c3ccc(Cl)cc32)c1C. The number of hydrogen-bond donors (Lipinski definition) is 1. The Kier molecular flexibility index (Phi) is 8.73. The van der Waals surface area contributed by atoms with E-state index >= 15 is 0 Å². The minimum atomic E-state index is -3.87. The number of likely N-dealkylation sites (tertiary alicyclic amines) is 1. The van der Waals surface area contributed by atoms with E-state index in [-0.39, 0.29) is 30.5 Å². The highest BCUT2D eigenvalue weighted by atomic mass is 35.5.